The number of hydrogen-bond acceptors (Lipinski definition) is 6. The second-order valence-corrected chi connectivity index (χ2v) is 10.5. The Morgan fingerprint density at radius 3 is 2.61 bits per heavy atom. The highest BCUT2D eigenvalue weighted by molar-refractivity contribution is 6.31. The quantitative estimate of drug-likeness (QED) is 0.245. The molecule has 0 saturated heterocycles. The summed E-state index contributed by atoms with van der Waals surface area (Å²) in [4.78, 5) is 33.5. The number of aryl methyl sites for hydroxylation is 1. The Morgan fingerprint density at radius 2 is 1.88 bits per heavy atom. The van der Waals surface area contributed by atoms with E-state index >= 15 is 0 Å². The van der Waals surface area contributed by atoms with Crippen LogP contribution in [0, 0.1) is 5.82 Å². The second kappa shape index (κ2) is 9.97. The molecule has 1 amide bonds. The summed E-state index contributed by atoms with van der Waals surface area (Å²) in [7, 11) is 0. The number of benzene rings is 3. The van der Waals surface area contributed by atoms with Crippen LogP contribution in [0.3, 0.4) is 0 Å². The number of anilines is 2. The Kier molecular flexibility index (Phi) is 6.42. The fourth-order valence-corrected chi connectivity index (χ4v) is 5.44. The van der Waals surface area contributed by atoms with Crippen molar-refractivity contribution in [2.45, 2.75) is 31.7 Å². The summed E-state index contributed by atoms with van der Waals surface area (Å²) in [5.41, 5.74) is 8.84. The standard InChI is InChI=1S/C30H24ClFN6O3/c1-30(18-9-6-16(7-10-18)8-13-23(39)40)24-26(33)34-28(35-27(24)36-29(30)41)25-20-14-19(31)11-12-22(20)38(37-25)15-17-4-2-3-5-21(17)32/h2-7,9-12,14H,8,13,15H2,1H3,(H,39,40)(H3,33,34,35,36,41)/t30-/m0/s1. The molecule has 0 aliphatic carbocycles. The predicted octanol–water partition coefficient (Wildman–Crippen LogP) is 5.19. The van der Waals surface area contributed by atoms with Crippen LogP contribution in [0.1, 0.15) is 35.6 Å². The summed E-state index contributed by atoms with van der Waals surface area (Å²) in [6, 6.07) is 18.9. The van der Waals surface area contributed by atoms with Crippen LogP contribution in [0.4, 0.5) is 16.0 Å². The van der Waals surface area contributed by atoms with Crippen LogP contribution in [-0.2, 0) is 28.0 Å². The van der Waals surface area contributed by atoms with Crippen molar-refractivity contribution in [2.75, 3.05) is 11.1 Å². The third-order valence-corrected chi connectivity index (χ3v) is 7.72. The largest absolute Gasteiger partial charge is 0.481 e. The van der Waals surface area contributed by atoms with Gasteiger partial charge in [-0.3, -0.25) is 14.3 Å². The lowest BCUT2D eigenvalue weighted by Gasteiger charge is -2.23. The topological polar surface area (TPSA) is 136 Å². The number of nitrogens with two attached hydrogens (primary N) is 1. The Balaban J connectivity index is 1.42. The SMILES string of the molecule is C[C@@]1(c2ccc(CCC(=O)O)cc2)C(=O)Nc2nc(-c3nn(Cc4ccccc4F)c4ccc(Cl)cc34)nc(N)c21. The minimum atomic E-state index is -1.17. The molecule has 1 aliphatic heterocycles. The van der Waals surface area contributed by atoms with E-state index in [1.165, 1.54) is 6.07 Å². The van der Waals surface area contributed by atoms with Crippen molar-refractivity contribution in [2.24, 2.45) is 0 Å². The zero-order valence-corrected chi connectivity index (χ0v) is 22.6. The first-order chi connectivity index (χ1) is 19.6. The number of carbonyl (C=O) groups excluding carboxylic acids is 1. The Hall–Kier alpha value is -4.83. The van der Waals surface area contributed by atoms with Crippen molar-refractivity contribution in [1.82, 2.24) is 19.7 Å². The highest BCUT2D eigenvalue weighted by atomic mass is 35.5. The fourth-order valence-electron chi connectivity index (χ4n) is 5.27. The number of nitrogen functional groups attached to an aromatic ring is 1. The molecule has 0 saturated carbocycles. The summed E-state index contributed by atoms with van der Waals surface area (Å²) < 4.78 is 16.1. The molecule has 0 fully saturated rings. The van der Waals surface area contributed by atoms with E-state index in [2.05, 4.69) is 15.3 Å². The highest BCUT2D eigenvalue weighted by Crippen LogP contribution is 2.45. The van der Waals surface area contributed by atoms with Crippen LogP contribution >= 0.6 is 11.6 Å². The number of rotatable bonds is 7. The van der Waals surface area contributed by atoms with Gasteiger partial charge in [0.1, 0.15) is 28.6 Å². The summed E-state index contributed by atoms with van der Waals surface area (Å²) in [5.74, 6) is -0.968. The molecule has 4 N–H and O–H groups in total. The number of carbonyl (C=O) groups is 2. The number of carboxylic acids is 1. The van der Waals surface area contributed by atoms with E-state index < -0.39 is 11.4 Å². The number of nitrogens with one attached hydrogen (secondary N) is 1. The maximum absolute atomic E-state index is 14.4. The van der Waals surface area contributed by atoms with E-state index in [0.29, 0.717) is 44.7 Å². The molecule has 11 heteroatoms. The van der Waals surface area contributed by atoms with Crippen molar-refractivity contribution in [3.63, 3.8) is 0 Å². The van der Waals surface area contributed by atoms with Gasteiger partial charge >= 0.3 is 5.97 Å². The molecule has 3 heterocycles. The molecule has 3 aromatic carbocycles. The zero-order valence-electron chi connectivity index (χ0n) is 21.9. The first kappa shape index (κ1) is 26.4. The highest BCUT2D eigenvalue weighted by Gasteiger charge is 2.47. The van der Waals surface area contributed by atoms with Gasteiger partial charge in [-0.2, -0.15) is 5.10 Å². The smallest absolute Gasteiger partial charge is 0.303 e. The molecule has 2 aromatic heterocycles. The van der Waals surface area contributed by atoms with E-state index in [4.69, 9.17) is 27.5 Å². The Labute approximate surface area is 238 Å². The van der Waals surface area contributed by atoms with E-state index in [-0.39, 0.29) is 42.2 Å². The van der Waals surface area contributed by atoms with Crippen molar-refractivity contribution in [3.8, 4) is 11.5 Å². The molecule has 1 aliphatic rings. The molecule has 9 nitrogen and oxygen atoms in total. The van der Waals surface area contributed by atoms with Gasteiger partial charge in [-0.25, -0.2) is 14.4 Å². The van der Waals surface area contributed by atoms with Gasteiger partial charge in [0.25, 0.3) is 0 Å². The van der Waals surface area contributed by atoms with Crippen LogP contribution in [0.15, 0.2) is 66.7 Å². The maximum Gasteiger partial charge on any atom is 0.303 e. The van der Waals surface area contributed by atoms with E-state index in [1.54, 1.807) is 72.3 Å². The number of aliphatic carboxylic acids is 1. The Bertz CT molecular complexity index is 1860. The first-order valence-corrected chi connectivity index (χ1v) is 13.2. The number of fused-ring (bicyclic) bond motifs is 2. The summed E-state index contributed by atoms with van der Waals surface area (Å²) in [6.45, 7) is 1.92. The van der Waals surface area contributed by atoms with E-state index in [0.717, 1.165) is 5.56 Å². The van der Waals surface area contributed by atoms with Gasteiger partial charge in [0.15, 0.2) is 5.82 Å². The summed E-state index contributed by atoms with van der Waals surface area (Å²) in [6.07, 6.45) is 0.394. The lowest BCUT2D eigenvalue weighted by atomic mass is 9.77. The van der Waals surface area contributed by atoms with Crippen molar-refractivity contribution >= 4 is 46.0 Å². The third-order valence-electron chi connectivity index (χ3n) is 7.48. The average Bonchev–Trinajstić information content (AvgIpc) is 3.43. The van der Waals surface area contributed by atoms with E-state index in [1.807, 2.05) is 0 Å². The summed E-state index contributed by atoms with van der Waals surface area (Å²) >= 11 is 6.32. The molecule has 0 spiro atoms. The van der Waals surface area contributed by atoms with Crippen LogP contribution in [0.5, 0.6) is 0 Å². The predicted molar refractivity (Wildman–Crippen MR) is 153 cm³/mol. The monoisotopic (exact) mass is 570 g/mol. The van der Waals surface area contributed by atoms with Gasteiger partial charge in [-0.15, -0.1) is 0 Å². The van der Waals surface area contributed by atoms with Gasteiger partial charge in [-0.1, -0.05) is 54.1 Å². The van der Waals surface area contributed by atoms with Crippen molar-refractivity contribution < 1.29 is 19.1 Å². The van der Waals surface area contributed by atoms with Crippen molar-refractivity contribution in [1.29, 1.82) is 0 Å². The van der Waals surface area contributed by atoms with Gasteiger partial charge in [0.2, 0.25) is 5.91 Å². The van der Waals surface area contributed by atoms with Gasteiger partial charge in [0, 0.05) is 22.4 Å². The minimum absolute atomic E-state index is 0.0133. The molecule has 6 rings (SSSR count). The molecular formula is C30H24ClFN6O3. The lowest BCUT2D eigenvalue weighted by Crippen LogP contribution is -2.33. The third kappa shape index (κ3) is 4.55. The molecule has 41 heavy (non-hydrogen) atoms. The van der Waals surface area contributed by atoms with E-state index in [9.17, 15) is 14.0 Å². The number of aromatic nitrogens is 4. The number of amides is 1. The normalized spacial score (nSPS) is 16.1. The minimum Gasteiger partial charge on any atom is -0.481 e. The Morgan fingerprint density at radius 1 is 1.12 bits per heavy atom. The molecule has 0 bridgehead atoms. The molecule has 206 valence electrons. The van der Waals surface area contributed by atoms with Crippen LogP contribution in [0.25, 0.3) is 22.4 Å². The lowest BCUT2D eigenvalue weighted by molar-refractivity contribution is -0.137. The number of carboxylic acid groups (broad SMARTS) is 1. The molecule has 0 unspecified atom stereocenters. The summed E-state index contributed by atoms with van der Waals surface area (Å²) in [5, 5.41) is 17.7. The molecular weight excluding hydrogens is 547 g/mol. The van der Waals surface area contributed by atoms with Gasteiger partial charge in [0.05, 0.1) is 17.6 Å². The zero-order chi connectivity index (χ0) is 28.9. The number of halogens is 2. The first-order valence-electron chi connectivity index (χ1n) is 12.9. The van der Waals surface area contributed by atoms with Gasteiger partial charge < -0.3 is 16.2 Å². The molecule has 0 radical (unpaired) electrons. The average molecular weight is 571 g/mol. The second-order valence-electron chi connectivity index (χ2n) is 10.1. The van der Waals surface area contributed by atoms with Crippen LogP contribution in [-0.4, -0.2) is 36.7 Å². The molecule has 1 atom stereocenters. The number of nitrogens with zero attached hydrogens (tertiary/aromatic N) is 4. The van der Waals surface area contributed by atoms with Crippen molar-refractivity contribution in [3.05, 3.63) is 99.8 Å². The maximum atomic E-state index is 14.4. The van der Waals surface area contributed by atoms with Crippen LogP contribution in [0.2, 0.25) is 5.02 Å². The number of hydrogen-bond donors (Lipinski definition) is 3. The van der Waals surface area contributed by atoms with Crippen LogP contribution < -0.4 is 11.1 Å². The fraction of sp³-hybridized carbons (Fsp3) is 0.167. The van der Waals surface area contributed by atoms with Gasteiger partial charge in [-0.05, 0) is 48.7 Å². The molecule has 5 aromatic rings.